The molecule has 0 fully saturated rings. The predicted octanol–water partition coefficient (Wildman–Crippen LogP) is 3.67. The summed E-state index contributed by atoms with van der Waals surface area (Å²) in [5, 5.41) is 1.04. The minimum Gasteiger partial charge on any atom is -0.356 e. The van der Waals surface area contributed by atoms with Crippen molar-refractivity contribution in [1.29, 1.82) is 0 Å². The van der Waals surface area contributed by atoms with Crippen LogP contribution in [0.15, 0.2) is 67.3 Å². The number of hydrogen-bond acceptors (Lipinski definition) is 6. The minimum atomic E-state index is 0.839. The fourth-order valence-corrected chi connectivity index (χ4v) is 3.52. The van der Waals surface area contributed by atoms with Gasteiger partial charge in [-0.1, -0.05) is 0 Å². The van der Waals surface area contributed by atoms with Crippen LogP contribution in [0, 0.1) is 0 Å². The van der Waals surface area contributed by atoms with Gasteiger partial charge in [0, 0.05) is 55.9 Å². The molecule has 0 spiro atoms. The summed E-state index contributed by atoms with van der Waals surface area (Å²) >= 11 is 0. The molecule has 0 aliphatic carbocycles. The van der Waals surface area contributed by atoms with Gasteiger partial charge < -0.3 is 9.80 Å². The third kappa shape index (κ3) is 2.66. The molecule has 5 heterocycles. The van der Waals surface area contributed by atoms with Crippen LogP contribution in [0.2, 0.25) is 0 Å². The Morgan fingerprint density at radius 2 is 1.67 bits per heavy atom. The van der Waals surface area contributed by atoms with Crippen LogP contribution in [-0.4, -0.2) is 40.1 Å². The number of rotatable bonds is 2. The van der Waals surface area contributed by atoms with Gasteiger partial charge in [0.05, 0.1) is 16.9 Å². The molecule has 1 aliphatic heterocycles. The van der Waals surface area contributed by atoms with Crippen LogP contribution in [-0.2, 0) is 0 Å². The summed E-state index contributed by atoms with van der Waals surface area (Å²) in [4.78, 5) is 22.7. The van der Waals surface area contributed by atoms with Crippen LogP contribution >= 0.6 is 0 Å². The molecule has 132 valence electrons. The zero-order valence-corrected chi connectivity index (χ0v) is 14.9. The van der Waals surface area contributed by atoms with Gasteiger partial charge in [0.15, 0.2) is 5.82 Å². The monoisotopic (exact) mass is 354 g/mol. The normalized spacial score (nSPS) is 13.7. The molecule has 6 nitrogen and oxygen atoms in total. The smallest absolute Gasteiger partial charge is 0.152 e. The van der Waals surface area contributed by atoms with Crippen molar-refractivity contribution < 1.29 is 0 Å². The topological polar surface area (TPSA) is 58.0 Å². The molecule has 27 heavy (non-hydrogen) atoms. The van der Waals surface area contributed by atoms with Gasteiger partial charge in [-0.05, 0) is 42.5 Å². The van der Waals surface area contributed by atoms with E-state index in [2.05, 4.69) is 43.9 Å². The van der Waals surface area contributed by atoms with Crippen molar-refractivity contribution in [3.63, 3.8) is 0 Å². The highest BCUT2D eigenvalue weighted by Gasteiger charge is 2.25. The first kappa shape index (κ1) is 15.7. The molecule has 1 aliphatic rings. The maximum absolute atomic E-state index is 5.03. The molecular weight excluding hydrogens is 336 g/mol. The number of aromatic nitrogens is 4. The number of fused-ring (bicyclic) bond motifs is 2. The highest BCUT2D eigenvalue weighted by molar-refractivity contribution is 5.95. The van der Waals surface area contributed by atoms with Crippen LogP contribution in [0.1, 0.15) is 0 Å². The lowest BCUT2D eigenvalue weighted by atomic mass is 10.1. The molecule has 0 unspecified atom stereocenters. The Bertz CT molecular complexity index is 1110. The van der Waals surface area contributed by atoms with Crippen LogP contribution in [0.5, 0.6) is 0 Å². The highest BCUT2D eigenvalue weighted by Crippen LogP contribution is 2.38. The number of likely N-dealkylation sites (N-methyl/N-ethyl adjacent to an activating group) is 1. The van der Waals surface area contributed by atoms with Crippen molar-refractivity contribution in [2.24, 2.45) is 0 Å². The van der Waals surface area contributed by atoms with E-state index in [0.29, 0.717) is 0 Å². The second kappa shape index (κ2) is 6.32. The van der Waals surface area contributed by atoms with Gasteiger partial charge in [-0.15, -0.1) is 0 Å². The lowest BCUT2D eigenvalue weighted by Crippen LogP contribution is -2.37. The quantitative estimate of drug-likeness (QED) is 0.547. The molecule has 0 radical (unpaired) electrons. The van der Waals surface area contributed by atoms with Crippen molar-refractivity contribution in [3.8, 4) is 11.3 Å². The molecule has 0 amide bonds. The van der Waals surface area contributed by atoms with E-state index in [0.717, 1.165) is 52.6 Å². The van der Waals surface area contributed by atoms with Crippen LogP contribution in [0.3, 0.4) is 0 Å². The van der Waals surface area contributed by atoms with Crippen molar-refractivity contribution in [2.75, 3.05) is 29.9 Å². The van der Waals surface area contributed by atoms with Gasteiger partial charge in [0.25, 0.3) is 0 Å². The zero-order valence-electron chi connectivity index (χ0n) is 14.9. The van der Waals surface area contributed by atoms with E-state index in [-0.39, 0.29) is 0 Å². The summed E-state index contributed by atoms with van der Waals surface area (Å²) in [5.41, 5.74) is 3.91. The molecule has 0 saturated heterocycles. The molecular formula is C21H18N6. The Morgan fingerprint density at radius 3 is 2.56 bits per heavy atom. The Labute approximate surface area is 157 Å². The molecule has 0 bridgehead atoms. The van der Waals surface area contributed by atoms with Gasteiger partial charge in [-0.25, -0.2) is 9.97 Å². The summed E-state index contributed by atoms with van der Waals surface area (Å²) in [6.07, 6.45) is 7.23. The van der Waals surface area contributed by atoms with E-state index >= 15 is 0 Å². The Morgan fingerprint density at radius 1 is 0.852 bits per heavy atom. The van der Waals surface area contributed by atoms with E-state index < -0.39 is 0 Å². The third-order valence-electron chi connectivity index (χ3n) is 4.89. The van der Waals surface area contributed by atoms with Crippen LogP contribution in [0.4, 0.5) is 17.3 Å². The lowest BCUT2D eigenvalue weighted by Gasteiger charge is -2.35. The number of pyridine rings is 4. The summed E-state index contributed by atoms with van der Waals surface area (Å²) in [6, 6.07) is 14.1. The first-order valence-electron chi connectivity index (χ1n) is 8.91. The summed E-state index contributed by atoms with van der Waals surface area (Å²) in [5.74, 6) is 1.88. The van der Waals surface area contributed by atoms with E-state index in [1.165, 1.54) is 0 Å². The van der Waals surface area contributed by atoms with Gasteiger partial charge in [0.2, 0.25) is 0 Å². The van der Waals surface area contributed by atoms with Gasteiger partial charge >= 0.3 is 0 Å². The maximum Gasteiger partial charge on any atom is 0.152 e. The Hall–Kier alpha value is -3.54. The minimum absolute atomic E-state index is 0.839. The van der Waals surface area contributed by atoms with Gasteiger partial charge in [-0.2, -0.15) is 0 Å². The van der Waals surface area contributed by atoms with E-state index in [1.54, 1.807) is 12.4 Å². The second-order valence-corrected chi connectivity index (χ2v) is 6.56. The fourth-order valence-electron chi connectivity index (χ4n) is 3.52. The average Bonchev–Trinajstić information content (AvgIpc) is 2.74. The Balaban J connectivity index is 1.75. The predicted molar refractivity (Wildman–Crippen MR) is 107 cm³/mol. The van der Waals surface area contributed by atoms with E-state index in [1.807, 2.05) is 42.7 Å². The van der Waals surface area contributed by atoms with Crippen LogP contribution in [0.25, 0.3) is 22.2 Å². The van der Waals surface area contributed by atoms with Crippen LogP contribution < -0.4 is 9.80 Å². The molecule has 0 N–H and O–H groups in total. The molecule has 4 aromatic rings. The molecule has 0 atom stereocenters. The summed E-state index contributed by atoms with van der Waals surface area (Å²) in [6.45, 7) is 1.72. The second-order valence-electron chi connectivity index (χ2n) is 6.56. The first-order valence-corrected chi connectivity index (χ1v) is 8.91. The lowest BCUT2D eigenvalue weighted by molar-refractivity contribution is 0.800. The largest absolute Gasteiger partial charge is 0.356 e. The molecule has 4 aromatic heterocycles. The molecule has 6 heteroatoms. The number of hydrogen-bond donors (Lipinski definition) is 0. The number of anilines is 3. The average molecular weight is 354 g/mol. The Kier molecular flexibility index (Phi) is 3.67. The summed E-state index contributed by atoms with van der Waals surface area (Å²) in [7, 11) is 2.07. The van der Waals surface area contributed by atoms with E-state index in [4.69, 9.17) is 4.98 Å². The zero-order chi connectivity index (χ0) is 18.2. The number of nitrogens with zero attached hydrogens (tertiary/aromatic N) is 6. The van der Waals surface area contributed by atoms with Gasteiger partial charge in [-0.3, -0.25) is 9.97 Å². The van der Waals surface area contributed by atoms with Gasteiger partial charge in [0.1, 0.15) is 5.82 Å². The van der Waals surface area contributed by atoms with Crippen molar-refractivity contribution in [2.45, 2.75) is 0 Å². The van der Waals surface area contributed by atoms with Crippen molar-refractivity contribution >= 4 is 28.2 Å². The first-order chi connectivity index (χ1) is 13.3. The van der Waals surface area contributed by atoms with Crippen molar-refractivity contribution in [1.82, 2.24) is 19.9 Å². The standard InChI is InChI=1S/C21H18N6/c1-26-12-13-27(19-5-3-9-24-21(19)26)20-16-4-2-8-23-18(16)14-17(25-20)15-6-10-22-11-7-15/h2-11,14H,12-13H2,1H3. The molecule has 0 saturated carbocycles. The van der Waals surface area contributed by atoms with E-state index in [9.17, 15) is 0 Å². The molecule has 0 aromatic carbocycles. The SMILES string of the molecule is CN1CCN(c2nc(-c3ccncc3)cc3ncccc23)c2cccnc21. The fraction of sp³-hybridized carbons (Fsp3) is 0.143. The highest BCUT2D eigenvalue weighted by atomic mass is 15.3. The maximum atomic E-state index is 5.03. The van der Waals surface area contributed by atoms with Crippen molar-refractivity contribution in [3.05, 3.63) is 67.3 Å². The molecule has 5 rings (SSSR count). The summed E-state index contributed by atoms with van der Waals surface area (Å²) < 4.78 is 0. The third-order valence-corrected chi connectivity index (χ3v) is 4.89.